The molecule has 0 heterocycles. The van der Waals surface area contributed by atoms with Crippen molar-refractivity contribution in [3.63, 3.8) is 0 Å². The summed E-state index contributed by atoms with van der Waals surface area (Å²) in [6, 6.07) is 0. The molecule has 0 bridgehead atoms. The molecule has 0 aliphatic rings. The lowest BCUT2D eigenvalue weighted by Gasteiger charge is -2.43. The Hall–Kier alpha value is -0.380. The van der Waals surface area contributed by atoms with Gasteiger partial charge in [0.25, 0.3) is 5.97 Å². The summed E-state index contributed by atoms with van der Waals surface area (Å²) in [5, 5.41) is 0. The van der Waals surface area contributed by atoms with Gasteiger partial charge in [-0.3, -0.25) is 0 Å². The summed E-state index contributed by atoms with van der Waals surface area (Å²) < 4.78 is 19.1. The Kier molecular flexibility index (Phi) is 15.3. The maximum absolute atomic E-state index is 6.38. The first-order valence-electron chi connectivity index (χ1n) is 11.4. The van der Waals surface area contributed by atoms with E-state index in [1.807, 2.05) is 6.08 Å². The summed E-state index contributed by atoms with van der Waals surface area (Å²) in [7, 11) is 0. The Morgan fingerprint density at radius 3 is 1.59 bits per heavy atom. The molecule has 0 radical (unpaired) electrons. The number of rotatable bonds is 18. The van der Waals surface area contributed by atoms with Crippen LogP contribution in [-0.4, -0.2) is 24.3 Å². The van der Waals surface area contributed by atoms with Gasteiger partial charge in [0.15, 0.2) is 0 Å². The molecule has 0 rings (SSSR count). The second kappa shape index (κ2) is 15.5. The van der Waals surface area contributed by atoms with E-state index in [-0.39, 0.29) is 24.2 Å². The monoisotopic (exact) mass is 384 g/mol. The molecule has 3 nitrogen and oxygen atoms in total. The summed E-state index contributed by atoms with van der Waals surface area (Å²) in [4.78, 5) is 0. The molecule has 162 valence electrons. The van der Waals surface area contributed by atoms with Gasteiger partial charge in [0.05, 0.1) is 18.3 Å². The van der Waals surface area contributed by atoms with E-state index in [0.29, 0.717) is 0 Å². The summed E-state index contributed by atoms with van der Waals surface area (Å²) in [5.41, 5.74) is 0. The molecule has 0 fully saturated rings. The second-order valence-electron chi connectivity index (χ2n) is 8.58. The van der Waals surface area contributed by atoms with Crippen molar-refractivity contribution in [2.75, 3.05) is 0 Å². The van der Waals surface area contributed by atoms with Crippen LogP contribution in [-0.2, 0) is 14.2 Å². The predicted octanol–water partition coefficient (Wildman–Crippen LogP) is 7.64. The van der Waals surface area contributed by atoms with E-state index < -0.39 is 5.97 Å². The molecule has 0 saturated heterocycles. The molecule has 3 heteroatoms. The van der Waals surface area contributed by atoms with Gasteiger partial charge in [0.2, 0.25) is 0 Å². The van der Waals surface area contributed by atoms with Gasteiger partial charge in [-0.15, -0.1) is 6.58 Å². The van der Waals surface area contributed by atoms with E-state index in [1.54, 1.807) is 0 Å². The lowest BCUT2D eigenvalue weighted by molar-refractivity contribution is -0.433. The van der Waals surface area contributed by atoms with Crippen molar-refractivity contribution in [1.29, 1.82) is 0 Å². The number of hydrogen-bond donors (Lipinski definition) is 0. The largest absolute Gasteiger partial charge is 0.324 e. The summed E-state index contributed by atoms with van der Waals surface area (Å²) in [6.45, 7) is 18.5. The van der Waals surface area contributed by atoms with E-state index in [4.69, 9.17) is 14.2 Å². The molecule has 0 spiro atoms. The van der Waals surface area contributed by atoms with Crippen molar-refractivity contribution in [3.05, 3.63) is 12.7 Å². The van der Waals surface area contributed by atoms with Crippen LogP contribution < -0.4 is 0 Å². The third-order valence-electron chi connectivity index (χ3n) is 4.57. The molecule has 0 aliphatic heterocycles. The van der Waals surface area contributed by atoms with E-state index in [2.05, 4.69) is 55.0 Å². The van der Waals surface area contributed by atoms with Crippen molar-refractivity contribution in [2.45, 2.75) is 137 Å². The fraction of sp³-hybridized carbons (Fsp3) is 0.917. The first-order chi connectivity index (χ1) is 12.8. The van der Waals surface area contributed by atoms with E-state index in [9.17, 15) is 0 Å². The van der Waals surface area contributed by atoms with Gasteiger partial charge in [0.1, 0.15) is 0 Å². The van der Waals surface area contributed by atoms with E-state index >= 15 is 0 Å². The smallest absolute Gasteiger partial charge is 0.286 e. The second-order valence-corrected chi connectivity index (χ2v) is 8.58. The lowest BCUT2D eigenvalue weighted by atomic mass is 9.92. The SMILES string of the molecule is C=CCCCC(CCCCCCCC)C(OC(C)C)(OC(C)C)OC(C)C. The van der Waals surface area contributed by atoms with Crippen molar-refractivity contribution in [1.82, 2.24) is 0 Å². The van der Waals surface area contributed by atoms with Crippen LogP contribution >= 0.6 is 0 Å². The molecule has 0 aliphatic carbocycles. The quantitative estimate of drug-likeness (QED) is 0.138. The zero-order valence-electron chi connectivity index (χ0n) is 19.4. The van der Waals surface area contributed by atoms with Crippen LogP contribution in [0.2, 0.25) is 0 Å². The number of unbranched alkanes of at least 4 members (excludes halogenated alkanes) is 6. The maximum atomic E-state index is 6.38. The highest BCUT2D eigenvalue weighted by Crippen LogP contribution is 2.37. The predicted molar refractivity (Wildman–Crippen MR) is 117 cm³/mol. The average Bonchev–Trinajstić information content (AvgIpc) is 2.54. The number of ether oxygens (including phenoxy) is 3. The highest BCUT2D eigenvalue weighted by molar-refractivity contribution is 4.77. The third-order valence-corrected chi connectivity index (χ3v) is 4.57. The molecule has 1 unspecified atom stereocenters. The summed E-state index contributed by atoms with van der Waals surface area (Å²) in [6.07, 6.45) is 14.2. The fourth-order valence-electron chi connectivity index (χ4n) is 3.54. The van der Waals surface area contributed by atoms with Gasteiger partial charge in [-0.25, -0.2) is 0 Å². The minimum atomic E-state index is -0.957. The van der Waals surface area contributed by atoms with Crippen molar-refractivity contribution >= 4 is 0 Å². The Morgan fingerprint density at radius 1 is 0.704 bits per heavy atom. The molecule has 0 N–H and O–H groups in total. The minimum absolute atomic E-state index is 0.0500. The average molecular weight is 385 g/mol. The van der Waals surface area contributed by atoms with Gasteiger partial charge in [0, 0.05) is 5.92 Å². The third kappa shape index (κ3) is 12.6. The van der Waals surface area contributed by atoms with Crippen LogP contribution in [0.1, 0.15) is 113 Å². The molecule has 1 atom stereocenters. The fourth-order valence-corrected chi connectivity index (χ4v) is 3.54. The first kappa shape index (κ1) is 26.6. The molecular formula is C24H48O3. The molecule has 0 aromatic heterocycles. The van der Waals surface area contributed by atoms with Gasteiger partial charge in [-0.05, 0) is 67.2 Å². The summed E-state index contributed by atoms with van der Waals surface area (Å²) in [5.74, 6) is -0.725. The van der Waals surface area contributed by atoms with Gasteiger partial charge < -0.3 is 14.2 Å². The van der Waals surface area contributed by atoms with Crippen LogP contribution in [0.5, 0.6) is 0 Å². The van der Waals surface area contributed by atoms with Gasteiger partial charge in [-0.1, -0.05) is 51.5 Å². The van der Waals surface area contributed by atoms with Crippen LogP contribution in [0.4, 0.5) is 0 Å². The van der Waals surface area contributed by atoms with Crippen molar-refractivity contribution in [2.24, 2.45) is 5.92 Å². The molecule has 0 amide bonds. The zero-order chi connectivity index (χ0) is 20.7. The van der Waals surface area contributed by atoms with Crippen molar-refractivity contribution in [3.8, 4) is 0 Å². The highest BCUT2D eigenvalue weighted by atomic mass is 16.9. The summed E-state index contributed by atoms with van der Waals surface area (Å²) >= 11 is 0. The van der Waals surface area contributed by atoms with Crippen LogP contribution in [0.15, 0.2) is 12.7 Å². The van der Waals surface area contributed by atoms with Gasteiger partial charge in [-0.2, -0.15) is 0 Å². The molecule has 0 aromatic rings. The zero-order valence-corrected chi connectivity index (χ0v) is 19.4. The highest BCUT2D eigenvalue weighted by Gasteiger charge is 2.44. The van der Waals surface area contributed by atoms with Crippen LogP contribution in [0.25, 0.3) is 0 Å². The molecule has 0 saturated carbocycles. The Balaban J connectivity index is 5.26. The topological polar surface area (TPSA) is 27.7 Å². The first-order valence-corrected chi connectivity index (χ1v) is 11.4. The number of hydrogen-bond acceptors (Lipinski definition) is 3. The van der Waals surface area contributed by atoms with Crippen molar-refractivity contribution < 1.29 is 14.2 Å². The Morgan fingerprint density at radius 2 is 1.15 bits per heavy atom. The van der Waals surface area contributed by atoms with Crippen LogP contribution in [0.3, 0.4) is 0 Å². The van der Waals surface area contributed by atoms with E-state index in [1.165, 1.54) is 38.5 Å². The Labute approximate surface area is 170 Å². The molecule has 0 aromatic carbocycles. The lowest BCUT2D eigenvalue weighted by Crippen LogP contribution is -2.50. The molecule has 27 heavy (non-hydrogen) atoms. The maximum Gasteiger partial charge on any atom is 0.286 e. The standard InChI is InChI=1S/C24H48O3/c1-9-11-13-14-15-17-19-23(18-16-12-10-2)24(25-20(3)4,26-21(5)6)27-22(7)8/h10,20-23H,2,9,11-19H2,1,3-8H3. The molecular weight excluding hydrogens is 336 g/mol. The normalized spacial score (nSPS) is 13.7. The van der Waals surface area contributed by atoms with Crippen LogP contribution in [0, 0.1) is 5.92 Å². The van der Waals surface area contributed by atoms with E-state index in [0.717, 1.165) is 25.7 Å². The Bertz CT molecular complexity index is 323. The number of allylic oxidation sites excluding steroid dienone is 1. The minimum Gasteiger partial charge on any atom is -0.324 e. The van der Waals surface area contributed by atoms with Gasteiger partial charge >= 0.3 is 0 Å².